The molecule has 2 aliphatic heterocycles. The molecule has 7 nitrogen and oxygen atoms in total. The van der Waals surface area contributed by atoms with Crippen LogP contribution in [0.4, 0.5) is 10.1 Å². The Labute approximate surface area is 186 Å². The number of para-hydroxylation sites is 1. The molecule has 2 aromatic carbocycles. The van der Waals surface area contributed by atoms with Crippen molar-refractivity contribution in [1.29, 1.82) is 0 Å². The molecule has 1 amide bonds. The van der Waals surface area contributed by atoms with E-state index in [4.69, 9.17) is 4.74 Å². The minimum atomic E-state index is -3.75. The number of esters is 1. The Morgan fingerprint density at radius 1 is 1.06 bits per heavy atom. The summed E-state index contributed by atoms with van der Waals surface area (Å²) in [5, 5.41) is 0. The molecular formula is C23H25FN2O5S. The molecule has 0 radical (unpaired) electrons. The summed E-state index contributed by atoms with van der Waals surface area (Å²) in [4.78, 5) is 26.9. The Kier molecular flexibility index (Phi) is 6.30. The van der Waals surface area contributed by atoms with Crippen LogP contribution in [0.2, 0.25) is 0 Å². The lowest BCUT2D eigenvalue weighted by atomic mass is 9.98. The maximum Gasteiger partial charge on any atom is 0.309 e. The molecule has 2 heterocycles. The number of carbonyl (C=O) groups excluding carboxylic acids is 2. The third kappa shape index (κ3) is 4.40. The third-order valence-electron chi connectivity index (χ3n) is 6.05. The quantitative estimate of drug-likeness (QED) is 0.641. The first-order chi connectivity index (χ1) is 15.3. The Balaban J connectivity index is 1.30. The molecule has 0 spiro atoms. The van der Waals surface area contributed by atoms with E-state index in [-0.39, 0.29) is 36.5 Å². The van der Waals surface area contributed by atoms with Gasteiger partial charge in [-0.2, -0.15) is 4.31 Å². The van der Waals surface area contributed by atoms with Crippen LogP contribution < -0.4 is 4.90 Å². The molecule has 9 heteroatoms. The fraction of sp³-hybridized carbons (Fsp3) is 0.391. The van der Waals surface area contributed by atoms with Gasteiger partial charge in [-0.05, 0) is 62.1 Å². The lowest BCUT2D eigenvalue weighted by molar-refractivity contribution is -0.153. The molecule has 0 aromatic heterocycles. The number of fused-ring (bicyclic) bond motifs is 1. The van der Waals surface area contributed by atoms with Crippen LogP contribution in [-0.2, 0) is 30.8 Å². The van der Waals surface area contributed by atoms with E-state index in [0.717, 1.165) is 29.8 Å². The lowest BCUT2D eigenvalue weighted by Crippen LogP contribution is -2.42. The number of hydrogen-bond acceptors (Lipinski definition) is 5. The lowest BCUT2D eigenvalue weighted by Gasteiger charge is -2.30. The van der Waals surface area contributed by atoms with Gasteiger partial charge in [-0.3, -0.25) is 9.59 Å². The summed E-state index contributed by atoms with van der Waals surface area (Å²) in [5.74, 6) is -1.73. The van der Waals surface area contributed by atoms with Crippen molar-refractivity contribution in [1.82, 2.24) is 4.31 Å². The highest BCUT2D eigenvalue weighted by Gasteiger charge is 2.34. The number of rotatable bonds is 5. The van der Waals surface area contributed by atoms with Crippen molar-refractivity contribution in [3.05, 3.63) is 59.9 Å². The summed E-state index contributed by atoms with van der Waals surface area (Å²) in [6.07, 6.45) is 1.36. The van der Waals surface area contributed by atoms with Crippen molar-refractivity contribution in [2.45, 2.75) is 37.1 Å². The van der Waals surface area contributed by atoms with Crippen molar-refractivity contribution < 1.29 is 27.1 Å². The number of hydrogen-bond donors (Lipinski definition) is 0. The molecule has 1 saturated heterocycles. The Hall–Kier alpha value is -2.78. The summed E-state index contributed by atoms with van der Waals surface area (Å²) in [6, 6.07) is 12.3. The number of ether oxygens (including phenoxy) is 1. The van der Waals surface area contributed by atoms with Gasteiger partial charge in [-0.1, -0.05) is 18.2 Å². The summed E-state index contributed by atoms with van der Waals surface area (Å²) < 4.78 is 45.1. The molecule has 1 fully saturated rings. The molecule has 1 atom stereocenters. The molecule has 0 N–H and O–H groups in total. The number of amides is 1. The SMILES string of the molecule is CC1Cc2ccccc2N1C(=O)COC(=O)C1CCN(S(=O)(=O)c2ccc(F)cc2)CC1. The molecule has 32 heavy (non-hydrogen) atoms. The molecule has 2 aromatic rings. The van der Waals surface area contributed by atoms with Gasteiger partial charge in [0.25, 0.3) is 5.91 Å². The average Bonchev–Trinajstić information content (AvgIpc) is 3.13. The Morgan fingerprint density at radius 2 is 1.72 bits per heavy atom. The number of halogens is 1. The Morgan fingerprint density at radius 3 is 2.41 bits per heavy atom. The van der Waals surface area contributed by atoms with Gasteiger partial charge in [0, 0.05) is 24.8 Å². The predicted molar refractivity (Wildman–Crippen MR) is 116 cm³/mol. The van der Waals surface area contributed by atoms with Crippen LogP contribution in [0, 0.1) is 11.7 Å². The van der Waals surface area contributed by atoms with Crippen LogP contribution >= 0.6 is 0 Å². The number of piperidine rings is 1. The van der Waals surface area contributed by atoms with E-state index in [9.17, 15) is 22.4 Å². The minimum absolute atomic E-state index is 0.00138. The smallest absolute Gasteiger partial charge is 0.309 e. The van der Waals surface area contributed by atoms with Gasteiger partial charge in [0.1, 0.15) is 5.82 Å². The molecule has 2 aliphatic rings. The monoisotopic (exact) mass is 460 g/mol. The second-order valence-electron chi connectivity index (χ2n) is 8.19. The van der Waals surface area contributed by atoms with Gasteiger partial charge in [0.2, 0.25) is 10.0 Å². The van der Waals surface area contributed by atoms with Gasteiger partial charge in [-0.15, -0.1) is 0 Å². The molecule has 0 aliphatic carbocycles. The fourth-order valence-electron chi connectivity index (χ4n) is 4.35. The molecule has 0 bridgehead atoms. The van der Waals surface area contributed by atoms with Crippen LogP contribution in [0.3, 0.4) is 0 Å². The first kappa shape index (κ1) is 22.4. The van der Waals surface area contributed by atoms with Crippen molar-refractivity contribution >= 4 is 27.6 Å². The first-order valence-electron chi connectivity index (χ1n) is 10.6. The topological polar surface area (TPSA) is 84.0 Å². The Bertz CT molecular complexity index is 1110. The minimum Gasteiger partial charge on any atom is -0.455 e. The maximum atomic E-state index is 13.1. The zero-order valence-corrected chi connectivity index (χ0v) is 18.6. The molecular weight excluding hydrogens is 435 g/mol. The third-order valence-corrected chi connectivity index (χ3v) is 7.97. The van der Waals surface area contributed by atoms with E-state index in [1.54, 1.807) is 4.90 Å². The van der Waals surface area contributed by atoms with Gasteiger partial charge >= 0.3 is 5.97 Å². The molecule has 0 saturated carbocycles. The summed E-state index contributed by atoms with van der Waals surface area (Å²) >= 11 is 0. The first-order valence-corrected chi connectivity index (χ1v) is 12.0. The van der Waals surface area contributed by atoms with E-state index in [1.807, 2.05) is 31.2 Å². The second kappa shape index (κ2) is 8.99. The van der Waals surface area contributed by atoms with E-state index in [1.165, 1.54) is 16.4 Å². The summed E-state index contributed by atoms with van der Waals surface area (Å²) in [7, 11) is -3.75. The highest BCUT2D eigenvalue weighted by Crippen LogP contribution is 2.32. The zero-order chi connectivity index (χ0) is 22.9. The predicted octanol–water partition coefficient (Wildman–Crippen LogP) is 2.75. The summed E-state index contributed by atoms with van der Waals surface area (Å²) in [5.41, 5.74) is 1.94. The standard InChI is InChI=1S/C23H25FN2O5S/c1-16-14-18-4-2-3-5-21(18)26(16)22(27)15-31-23(28)17-10-12-25(13-11-17)32(29,30)20-8-6-19(24)7-9-20/h2-9,16-17H,10-15H2,1H3. The number of nitrogens with zero attached hydrogens (tertiary/aromatic N) is 2. The molecule has 4 rings (SSSR count). The van der Waals surface area contributed by atoms with Crippen molar-refractivity contribution in [3.8, 4) is 0 Å². The maximum absolute atomic E-state index is 13.1. The van der Waals surface area contributed by atoms with Gasteiger partial charge in [-0.25, -0.2) is 12.8 Å². The van der Waals surface area contributed by atoms with Crippen molar-refractivity contribution in [2.75, 3.05) is 24.6 Å². The van der Waals surface area contributed by atoms with Gasteiger partial charge in [0.05, 0.1) is 10.8 Å². The van der Waals surface area contributed by atoms with Crippen LogP contribution in [0.15, 0.2) is 53.4 Å². The van der Waals surface area contributed by atoms with E-state index < -0.39 is 27.7 Å². The van der Waals surface area contributed by atoms with Crippen LogP contribution in [0.25, 0.3) is 0 Å². The van der Waals surface area contributed by atoms with Crippen LogP contribution in [0.5, 0.6) is 0 Å². The zero-order valence-electron chi connectivity index (χ0n) is 17.7. The largest absolute Gasteiger partial charge is 0.455 e. The van der Waals surface area contributed by atoms with Gasteiger partial charge < -0.3 is 9.64 Å². The van der Waals surface area contributed by atoms with Crippen LogP contribution in [-0.4, -0.2) is 50.3 Å². The van der Waals surface area contributed by atoms with E-state index >= 15 is 0 Å². The average molecular weight is 461 g/mol. The van der Waals surface area contributed by atoms with Crippen LogP contribution in [0.1, 0.15) is 25.3 Å². The second-order valence-corrected chi connectivity index (χ2v) is 10.1. The number of carbonyl (C=O) groups is 2. The van der Waals surface area contributed by atoms with Gasteiger partial charge in [0.15, 0.2) is 6.61 Å². The number of benzene rings is 2. The van der Waals surface area contributed by atoms with E-state index in [2.05, 4.69) is 0 Å². The molecule has 1 unspecified atom stereocenters. The number of sulfonamides is 1. The highest BCUT2D eigenvalue weighted by molar-refractivity contribution is 7.89. The van der Waals surface area contributed by atoms with E-state index in [0.29, 0.717) is 12.8 Å². The molecule has 170 valence electrons. The number of anilines is 1. The summed E-state index contributed by atoms with van der Waals surface area (Å²) in [6.45, 7) is 1.93. The highest BCUT2D eigenvalue weighted by atomic mass is 32.2. The fourth-order valence-corrected chi connectivity index (χ4v) is 5.82. The van der Waals surface area contributed by atoms with Crippen molar-refractivity contribution in [2.24, 2.45) is 5.92 Å². The van der Waals surface area contributed by atoms with Crippen molar-refractivity contribution in [3.63, 3.8) is 0 Å². The normalized spacial score (nSPS) is 19.6.